The van der Waals surface area contributed by atoms with E-state index in [0.29, 0.717) is 12.5 Å². The molecule has 0 saturated heterocycles. The van der Waals surface area contributed by atoms with Crippen LogP contribution in [0.15, 0.2) is 18.2 Å². The highest BCUT2D eigenvalue weighted by Gasteiger charge is 2.43. The molecule has 2 atom stereocenters. The maximum atomic E-state index is 11.4. The maximum absolute atomic E-state index is 11.4. The molecule has 0 radical (unpaired) electrons. The predicted octanol–water partition coefficient (Wildman–Crippen LogP) is 3.39. The molecule has 0 N–H and O–H groups in total. The van der Waals surface area contributed by atoms with Crippen LogP contribution in [-0.4, -0.2) is 19.7 Å². The van der Waals surface area contributed by atoms with Gasteiger partial charge < -0.3 is 9.47 Å². The van der Waals surface area contributed by atoms with Crippen LogP contribution >= 0.6 is 0 Å². The highest BCUT2D eigenvalue weighted by atomic mass is 16.5. The van der Waals surface area contributed by atoms with Gasteiger partial charge in [-0.15, -0.1) is 0 Å². The first-order chi connectivity index (χ1) is 9.69. The van der Waals surface area contributed by atoms with Crippen LogP contribution in [0, 0.1) is 11.8 Å². The number of hydrogen-bond acceptors (Lipinski definition) is 3. The van der Waals surface area contributed by atoms with Crippen molar-refractivity contribution in [1.82, 2.24) is 0 Å². The van der Waals surface area contributed by atoms with Gasteiger partial charge in [-0.05, 0) is 61.8 Å². The van der Waals surface area contributed by atoms with Gasteiger partial charge in [0.1, 0.15) is 5.75 Å². The summed E-state index contributed by atoms with van der Waals surface area (Å²) in [7, 11) is 1.47. The van der Waals surface area contributed by atoms with Crippen molar-refractivity contribution < 1.29 is 14.3 Å². The summed E-state index contributed by atoms with van der Waals surface area (Å²) in [4.78, 5) is 11.4. The zero-order valence-electron chi connectivity index (χ0n) is 12.6. The Labute approximate surface area is 121 Å². The van der Waals surface area contributed by atoms with Crippen LogP contribution in [0.3, 0.4) is 0 Å². The monoisotopic (exact) mass is 276 g/mol. The van der Waals surface area contributed by atoms with Crippen LogP contribution in [-0.2, 0) is 22.4 Å². The topological polar surface area (TPSA) is 35.5 Å². The van der Waals surface area contributed by atoms with Gasteiger partial charge in [0.05, 0.1) is 19.6 Å². The molecule has 3 nitrogen and oxygen atoms in total. The number of aryl methyl sites for hydroxylation is 2. The number of benzene rings is 1. The molecule has 1 fully saturated rings. The van der Waals surface area contributed by atoms with E-state index in [2.05, 4.69) is 19.1 Å². The molecule has 1 aliphatic carbocycles. The fraction of sp³-hybridized carbons (Fsp3) is 0.588. The van der Waals surface area contributed by atoms with Crippen molar-refractivity contribution in [3.63, 3.8) is 0 Å². The van der Waals surface area contributed by atoms with E-state index in [1.54, 1.807) is 0 Å². The van der Waals surface area contributed by atoms with Crippen molar-refractivity contribution >= 4 is 5.97 Å². The molecule has 2 unspecified atom stereocenters. The molecular formula is C17H24O3. The molecular weight excluding hydrogens is 252 g/mol. The summed E-state index contributed by atoms with van der Waals surface area (Å²) in [5.41, 5.74) is 2.73. The molecule has 3 heteroatoms. The van der Waals surface area contributed by atoms with Crippen LogP contribution < -0.4 is 4.74 Å². The average Bonchev–Trinajstić information content (AvgIpc) is 3.24. The summed E-state index contributed by atoms with van der Waals surface area (Å²) in [5.74, 6) is 1.57. The first kappa shape index (κ1) is 14.9. The van der Waals surface area contributed by atoms with E-state index in [4.69, 9.17) is 9.47 Å². The Morgan fingerprint density at radius 3 is 2.75 bits per heavy atom. The second kappa shape index (κ2) is 6.78. The zero-order chi connectivity index (χ0) is 14.5. The lowest BCUT2D eigenvalue weighted by molar-refractivity contribution is -0.142. The molecule has 0 spiro atoms. The van der Waals surface area contributed by atoms with Gasteiger partial charge in [0.2, 0.25) is 0 Å². The van der Waals surface area contributed by atoms with Crippen LogP contribution in [0.25, 0.3) is 0 Å². The third kappa shape index (κ3) is 3.53. The maximum Gasteiger partial charge on any atom is 0.308 e. The lowest BCUT2D eigenvalue weighted by Gasteiger charge is -2.11. The Morgan fingerprint density at radius 1 is 1.30 bits per heavy atom. The second-order valence-electron chi connectivity index (χ2n) is 5.38. The SMILES string of the molecule is CCOc1ccc(CCC2CC2C(=O)OC)c(CC)c1. The van der Waals surface area contributed by atoms with E-state index in [1.807, 2.05) is 13.0 Å². The van der Waals surface area contributed by atoms with Crippen LogP contribution in [0.2, 0.25) is 0 Å². The first-order valence-electron chi connectivity index (χ1n) is 7.52. The molecule has 0 bridgehead atoms. The summed E-state index contributed by atoms with van der Waals surface area (Å²) in [6.07, 6.45) is 4.11. The van der Waals surface area contributed by atoms with Gasteiger partial charge >= 0.3 is 5.97 Å². The second-order valence-corrected chi connectivity index (χ2v) is 5.38. The van der Waals surface area contributed by atoms with Crippen molar-refractivity contribution in [2.45, 2.75) is 39.5 Å². The third-order valence-corrected chi connectivity index (χ3v) is 4.08. The number of esters is 1. The molecule has 1 saturated carbocycles. The Hall–Kier alpha value is -1.51. The van der Waals surface area contributed by atoms with Gasteiger partial charge in [-0.25, -0.2) is 0 Å². The zero-order valence-corrected chi connectivity index (χ0v) is 12.6. The highest BCUT2D eigenvalue weighted by Crippen LogP contribution is 2.43. The molecule has 2 rings (SSSR count). The summed E-state index contributed by atoms with van der Waals surface area (Å²) < 4.78 is 10.3. The summed E-state index contributed by atoms with van der Waals surface area (Å²) in [5, 5.41) is 0. The van der Waals surface area contributed by atoms with Crippen molar-refractivity contribution in [3.05, 3.63) is 29.3 Å². The van der Waals surface area contributed by atoms with E-state index in [1.165, 1.54) is 18.2 Å². The smallest absolute Gasteiger partial charge is 0.308 e. The lowest BCUT2D eigenvalue weighted by atomic mass is 9.99. The van der Waals surface area contributed by atoms with Gasteiger partial charge in [-0.3, -0.25) is 4.79 Å². The van der Waals surface area contributed by atoms with E-state index >= 15 is 0 Å². The predicted molar refractivity (Wildman–Crippen MR) is 78.9 cm³/mol. The standard InChI is InChI=1S/C17H24O3/c1-4-12-10-15(20-5-2)9-8-13(12)6-7-14-11-16(14)17(18)19-3/h8-10,14,16H,4-7,11H2,1-3H3. The highest BCUT2D eigenvalue weighted by molar-refractivity contribution is 5.75. The summed E-state index contributed by atoms with van der Waals surface area (Å²) >= 11 is 0. The minimum atomic E-state index is -0.0441. The number of rotatable bonds is 7. The number of carbonyl (C=O) groups is 1. The van der Waals surface area contributed by atoms with Gasteiger partial charge in [0, 0.05) is 0 Å². The van der Waals surface area contributed by atoms with Crippen molar-refractivity contribution in [2.75, 3.05) is 13.7 Å². The lowest BCUT2D eigenvalue weighted by Crippen LogP contribution is -2.05. The van der Waals surface area contributed by atoms with Crippen LogP contribution in [0.4, 0.5) is 0 Å². The molecule has 1 aromatic carbocycles. The Balaban J connectivity index is 1.91. The minimum Gasteiger partial charge on any atom is -0.494 e. The molecule has 1 aromatic rings. The fourth-order valence-corrected chi connectivity index (χ4v) is 2.78. The number of carbonyl (C=O) groups excluding carboxylic acids is 1. The van der Waals surface area contributed by atoms with Crippen LogP contribution in [0.1, 0.15) is 37.8 Å². The van der Waals surface area contributed by atoms with Crippen molar-refractivity contribution in [2.24, 2.45) is 11.8 Å². The molecule has 110 valence electrons. The van der Waals surface area contributed by atoms with Crippen molar-refractivity contribution in [1.29, 1.82) is 0 Å². The van der Waals surface area contributed by atoms with Gasteiger partial charge in [0.25, 0.3) is 0 Å². The molecule has 0 aliphatic heterocycles. The number of ether oxygens (including phenoxy) is 2. The molecule has 20 heavy (non-hydrogen) atoms. The van der Waals surface area contributed by atoms with E-state index in [0.717, 1.165) is 31.4 Å². The van der Waals surface area contributed by atoms with Gasteiger partial charge in [0.15, 0.2) is 0 Å². The Morgan fingerprint density at radius 2 is 2.10 bits per heavy atom. The fourth-order valence-electron chi connectivity index (χ4n) is 2.78. The number of methoxy groups -OCH3 is 1. The van der Waals surface area contributed by atoms with Gasteiger partial charge in [-0.1, -0.05) is 13.0 Å². The van der Waals surface area contributed by atoms with E-state index in [-0.39, 0.29) is 11.9 Å². The van der Waals surface area contributed by atoms with Gasteiger partial charge in [-0.2, -0.15) is 0 Å². The molecule has 1 aliphatic rings. The summed E-state index contributed by atoms with van der Waals surface area (Å²) in [6.45, 7) is 4.87. The molecule has 0 amide bonds. The average molecular weight is 276 g/mol. The summed E-state index contributed by atoms with van der Waals surface area (Å²) in [6, 6.07) is 6.35. The van der Waals surface area contributed by atoms with E-state index in [9.17, 15) is 4.79 Å². The number of hydrogen-bond donors (Lipinski definition) is 0. The minimum absolute atomic E-state index is 0.0441. The van der Waals surface area contributed by atoms with Crippen LogP contribution in [0.5, 0.6) is 5.75 Å². The Bertz CT molecular complexity index is 467. The Kier molecular flexibility index (Phi) is 5.05. The largest absolute Gasteiger partial charge is 0.494 e. The molecule has 0 aromatic heterocycles. The normalized spacial score (nSPS) is 20.6. The first-order valence-corrected chi connectivity index (χ1v) is 7.52. The van der Waals surface area contributed by atoms with E-state index < -0.39 is 0 Å². The molecule has 0 heterocycles. The quantitative estimate of drug-likeness (QED) is 0.716. The van der Waals surface area contributed by atoms with Crippen molar-refractivity contribution in [3.8, 4) is 5.75 Å². The third-order valence-electron chi connectivity index (χ3n) is 4.08.